The fourth-order valence-corrected chi connectivity index (χ4v) is 1.57. The van der Waals surface area contributed by atoms with Crippen LogP contribution in [-0.4, -0.2) is 19.8 Å². The van der Waals surface area contributed by atoms with Crippen molar-refractivity contribution < 1.29 is 9.31 Å². The van der Waals surface area contributed by atoms with Gasteiger partial charge in [0.25, 0.3) is 0 Å². The highest BCUT2D eigenvalue weighted by molar-refractivity contribution is 6.62. The predicted octanol–water partition coefficient (Wildman–Crippen LogP) is 1.76. The van der Waals surface area contributed by atoms with Gasteiger partial charge in [0, 0.05) is 12.7 Å². The maximum Gasteiger partial charge on any atom is 0.563 e. The second-order valence-electron chi connectivity index (χ2n) is 4.37. The maximum absolute atomic E-state index is 5.78. The Morgan fingerprint density at radius 2 is 1.88 bits per heavy atom. The van der Waals surface area contributed by atoms with Crippen molar-refractivity contribution in [1.29, 1.82) is 0 Å². The molecule has 0 unspecified atom stereocenters. The van der Waals surface area contributed by atoms with Gasteiger partial charge in [0.15, 0.2) is 0 Å². The van der Waals surface area contributed by atoms with E-state index in [-0.39, 0.29) is 7.12 Å². The van der Waals surface area contributed by atoms with Gasteiger partial charge in [-0.25, -0.2) is 0 Å². The summed E-state index contributed by atoms with van der Waals surface area (Å²) in [6, 6.07) is 7.97. The van der Waals surface area contributed by atoms with Gasteiger partial charge in [-0.05, 0) is 31.4 Å². The molecule has 1 aromatic carbocycles. The van der Waals surface area contributed by atoms with E-state index < -0.39 is 5.60 Å². The Morgan fingerprint density at radius 1 is 1.25 bits per heavy atom. The van der Waals surface area contributed by atoms with E-state index in [4.69, 9.17) is 9.31 Å². The first-order valence-electron chi connectivity index (χ1n) is 5.34. The first kappa shape index (κ1) is 11.1. The summed E-state index contributed by atoms with van der Waals surface area (Å²) in [5.74, 6) is 0.676. The van der Waals surface area contributed by atoms with E-state index in [0.717, 1.165) is 11.2 Å². The van der Waals surface area contributed by atoms with Crippen LogP contribution in [0.5, 0.6) is 0 Å². The largest absolute Gasteiger partial charge is 0.563 e. The minimum absolute atomic E-state index is 0.339. The van der Waals surface area contributed by atoms with E-state index in [0.29, 0.717) is 5.76 Å². The number of anilines is 1. The number of hydrogen-bond acceptors (Lipinski definition) is 3. The van der Waals surface area contributed by atoms with Gasteiger partial charge in [0.05, 0.1) is 5.76 Å². The average Bonchev–Trinajstić information content (AvgIpc) is 2.54. The standard InChI is InChI=1S/C12H16BNO2/c1-9-12(2,3)16-13(15-9)10-5-7-11(14-4)8-6-10/h5-8,14H,1H2,2-4H3. The molecule has 16 heavy (non-hydrogen) atoms. The molecule has 0 amide bonds. The van der Waals surface area contributed by atoms with E-state index in [9.17, 15) is 0 Å². The van der Waals surface area contributed by atoms with E-state index in [1.807, 2.05) is 45.2 Å². The molecule has 0 saturated carbocycles. The third-order valence-electron chi connectivity index (χ3n) is 2.79. The Balaban J connectivity index is 2.17. The molecular weight excluding hydrogens is 201 g/mol. The molecule has 0 atom stereocenters. The second-order valence-corrected chi connectivity index (χ2v) is 4.37. The first-order valence-corrected chi connectivity index (χ1v) is 5.34. The molecule has 1 aliphatic heterocycles. The van der Waals surface area contributed by atoms with E-state index >= 15 is 0 Å². The van der Waals surface area contributed by atoms with Gasteiger partial charge in [-0.2, -0.15) is 0 Å². The summed E-state index contributed by atoms with van der Waals surface area (Å²) in [4.78, 5) is 0. The van der Waals surface area contributed by atoms with Gasteiger partial charge in [-0.3, -0.25) is 0 Å². The minimum atomic E-state index is -0.410. The van der Waals surface area contributed by atoms with Gasteiger partial charge in [-0.15, -0.1) is 0 Å². The molecule has 2 rings (SSSR count). The number of hydrogen-bond donors (Lipinski definition) is 1. The Hall–Kier alpha value is -1.42. The van der Waals surface area contributed by atoms with Crippen LogP contribution in [0.15, 0.2) is 36.6 Å². The van der Waals surface area contributed by atoms with Gasteiger partial charge < -0.3 is 14.6 Å². The summed E-state index contributed by atoms with van der Waals surface area (Å²) in [5.41, 5.74) is 1.66. The Morgan fingerprint density at radius 3 is 2.31 bits per heavy atom. The quantitative estimate of drug-likeness (QED) is 0.765. The first-order chi connectivity index (χ1) is 7.53. The monoisotopic (exact) mass is 217 g/mol. The molecule has 84 valence electrons. The lowest BCUT2D eigenvalue weighted by atomic mass is 9.79. The molecule has 1 aromatic rings. The average molecular weight is 217 g/mol. The SMILES string of the molecule is C=C1OB(c2ccc(NC)cc2)OC1(C)C. The van der Waals surface area contributed by atoms with Crippen molar-refractivity contribution in [3.63, 3.8) is 0 Å². The van der Waals surface area contributed by atoms with Crippen LogP contribution in [0.4, 0.5) is 5.69 Å². The molecule has 1 fully saturated rings. The van der Waals surface area contributed by atoms with Crippen LogP contribution in [0.3, 0.4) is 0 Å². The highest BCUT2D eigenvalue weighted by Crippen LogP contribution is 2.29. The Kier molecular flexibility index (Phi) is 2.68. The van der Waals surface area contributed by atoms with Crippen molar-refractivity contribution in [3.05, 3.63) is 36.6 Å². The lowest BCUT2D eigenvalue weighted by Gasteiger charge is -2.15. The van der Waals surface area contributed by atoms with Crippen LogP contribution >= 0.6 is 0 Å². The van der Waals surface area contributed by atoms with Crippen LogP contribution in [0.25, 0.3) is 0 Å². The van der Waals surface area contributed by atoms with Crippen molar-refractivity contribution in [2.24, 2.45) is 0 Å². The molecule has 0 bridgehead atoms. The Labute approximate surface area is 96.6 Å². The molecule has 1 saturated heterocycles. The van der Waals surface area contributed by atoms with E-state index in [1.165, 1.54) is 0 Å². The molecule has 1 aliphatic rings. The predicted molar refractivity (Wildman–Crippen MR) is 66.8 cm³/mol. The fourth-order valence-electron chi connectivity index (χ4n) is 1.57. The molecule has 0 radical (unpaired) electrons. The smallest absolute Gasteiger partial charge is 0.534 e. The summed E-state index contributed by atoms with van der Waals surface area (Å²) in [6.45, 7) is 7.77. The Bertz CT molecular complexity index is 400. The van der Waals surface area contributed by atoms with Crippen LogP contribution in [0.1, 0.15) is 13.8 Å². The zero-order valence-electron chi connectivity index (χ0n) is 9.91. The van der Waals surface area contributed by atoms with Crippen LogP contribution in [0, 0.1) is 0 Å². The van der Waals surface area contributed by atoms with Crippen molar-refractivity contribution in [2.45, 2.75) is 19.4 Å². The highest BCUT2D eigenvalue weighted by atomic mass is 16.7. The summed E-state index contributed by atoms with van der Waals surface area (Å²) in [6.07, 6.45) is 0. The van der Waals surface area contributed by atoms with Gasteiger partial charge in [0.1, 0.15) is 5.60 Å². The van der Waals surface area contributed by atoms with Gasteiger partial charge in [-0.1, -0.05) is 18.7 Å². The highest BCUT2D eigenvalue weighted by Gasteiger charge is 2.42. The number of nitrogens with one attached hydrogen (secondary N) is 1. The van der Waals surface area contributed by atoms with Crippen molar-refractivity contribution >= 4 is 18.3 Å². The summed E-state index contributed by atoms with van der Waals surface area (Å²) in [7, 11) is 1.55. The lowest BCUT2D eigenvalue weighted by molar-refractivity contribution is 0.173. The van der Waals surface area contributed by atoms with Crippen molar-refractivity contribution in [2.75, 3.05) is 12.4 Å². The zero-order chi connectivity index (χ0) is 11.8. The number of benzene rings is 1. The molecule has 4 heteroatoms. The summed E-state index contributed by atoms with van der Waals surface area (Å²) >= 11 is 0. The maximum atomic E-state index is 5.78. The van der Waals surface area contributed by atoms with Gasteiger partial charge in [0.2, 0.25) is 0 Å². The molecule has 0 spiro atoms. The third-order valence-corrected chi connectivity index (χ3v) is 2.79. The second kappa shape index (κ2) is 3.87. The topological polar surface area (TPSA) is 30.5 Å². The van der Waals surface area contributed by atoms with Crippen LogP contribution in [-0.2, 0) is 9.31 Å². The zero-order valence-corrected chi connectivity index (χ0v) is 9.91. The number of rotatable bonds is 2. The lowest BCUT2D eigenvalue weighted by Crippen LogP contribution is -2.34. The molecule has 1 N–H and O–H groups in total. The van der Waals surface area contributed by atoms with Crippen LogP contribution < -0.4 is 10.8 Å². The van der Waals surface area contributed by atoms with E-state index in [1.54, 1.807) is 0 Å². The summed E-state index contributed by atoms with van der Waals surface area (Å²) < 4.78 is 11.4. The third kappa shape index (κ3) is 1.93. The minimum Gasteiger partial charge on any atom is -0.534 e. The van der Waals surface area contributed by atoms with Crippen molar-refractivity contribution in [3.8, 4) is 0 Å². The molecule has 3 nitrogen and oxygen atoms in total. The summed E-state index contributed by atoms with van der Waals surface area (Å²) in [5, 5.41) is 3.07. The van der Waals surface area contributed by atoms with E-state index in [2.05, 4.69) is 11.9 Å². The molecule has 0 aromatic heterocycles. The van der Waals surface area contributed by atoms with Crippen LogP contribution in [0.2, 0.25) is 0 Å². The molecule has 0 aliphatic carbocycles. The normalized spacial score (nSPS) is 18.4. The molecule has 1 heterocycles. The molecular formula is C12H16BNO2. The fraction of sp³-hybridized carbons (Fsp3) is 0.333. The van der Waals surface area contributed by atoms with Crippen molar-refractivity contribution in [1.82, 2.24) is 0 Å². The van der Waals surface area contributed by atoms with Gasteiger partial charge >= 0.3 is 7.12 Å².